The van der Waals surface area contributed by atoms with Crippen LogP contribution in [0.15, 0.2) is 41.6 Å². The number of anilines is 2. The largest absolute Gasteiger partial charge is 0.501 e. The number of rotatable bonds is 5. The van der Waals surface area contributed by atoms with E-state index in [-0.39, 0.29) is 33.3 Å². The zero-order valence-electron chi connectivity index (χ0n) is 22.4. The van der Waals surface area contributed by atoms with Crippen LogP contribution >= 0.6 is 0 Å². The first-order chi connectivity index (χ1) is 17.2. The van der Waals surface area contributed by atoms with E-state index in [1.807, 2.05) is 12.1 Å². The van der Waals surface area contributed by atoms with E-state index in [2.05, 4.69) is 56.1 Å². The van der Waals surface area contributed by atoms with Gasteiger partial charge in [-0.2, -0.15) is 8.42 Å². The molecule has 0 aliphatic carbocycles. The van der Waals surface area contributed by atoms with E-state index in [9.17, 15) is 13.2 Å². The number of nitrogens with two attached hydrogens (primary N) is 1. The monoisotopic (exact) mass is 527 g/mol. The molecule has 0 saturated carbocycles. The summed E-state index contributed by atoms with van der Waals surface area (Å²) < 4.78 is 34.0. The Balaban J connectivity index is 1.87. The predicted molar refractivity (Wildman–Crippen MR) is 144 cm³/mol. The minimum atomic E-state index is -4.26. The SMILES string of the molecule is CC1CN(c2nc(C(C)(C)C)c(C3CC=COC3)cc2C(=O)NS(=O)(=O)c2cccc(N)n2)C(C)(C)C1. The second-order valence-electron chi connectivity index (χ2n) is 11.8. The average molecular weight is 528 g/mol. The highest BCUT2D eigenvalue weighted by atomic mass is 32.2. The number of hydrogen-bond acceptors (Lipinski definition) is 8. The lowest BCUT2D eigenvalue weighted by atomic mass is 9.82. The minimum Gasteiger partial charge on any atom is -0.501 e. The van der Waals surface area contributed by atoms with Crippen molar-refractivity contribution in [3.05, 3.63) is 53.4 Å². The number of carbonyl (C=O) groups is 1. The van der Waals surface area contributed by atoms with Crippen LogP contribution in [0.2, 0.25) is 0 Å². The summed E-state index contributed by atoms with van der Waals surface area (Å²) in [5.41, 5.74) is 7.08. The van der Waals surface area contributed by atoms with Crippen LogP contribution < -0.4 is 15.4 Å². The quantitative estimate of drug-likeness (QED) is 0.594. The van der Waals surface area contributed by atoms with Crippen molar-refractivity contribution in [3.63, 3.8) is 0 Å². The maximum atomic E-state index is 13.7. The van der Waals surface area contributed by atoms with Crippen molar-refractivity contribution >= 4 is 27.6 Å². The van der Waals surface area contributed by atoms with Crippen LogP contribution in [0.25, 0.3) is 0 Å². The van der Waals surface area contributed by atoms with Crippen LogP contribution in [-0.2, 0) is 20.2 Å². The summed E-state index contributed by atoms with van der Waals surface area (Å²) in [7, 11) is -4.26. The van der Waals surface area contributed by atoms with Crippen molar-refractivity contribution in [2.45, 2.75) is 76.3 Å². The van der Waals surface area contributed by atoms with Gasteiger partial charge in [0.2, 0.25) is 0 Å². The highest BCUT2D eigenvalue weighted by Crippen LogP contribution is 2.41. The molecule has 2 aliphatic rings. The molecule has 1 amide bonds. The summed E-state index contributed by atoms with van der Waals surface area (Å²) >= 11 is 0. The van der Waals surface area contributed by atoms with E-state index in [0.717, 1.165) is 24.1 Å². The Morgan fingerprint density at radius 3 is 2.54 bits per heavy atom. The summed E-state index contributed by atoms with van der Waals surface area (Å²) in [4.78, 5) is 24.9. The van der Waals surface area contributed by atoms with E-state index in [4.69, 9.17) is 15.5 Å². The molecule has 2 unspecified atom stereocenters. The first kappa shape index (κ1) is 26.9. The van der Waals surface area contributed by atoms with Gasteiger partial charge in [-0.15, -0.1) is 0 Å². The molecule has 2 aliphatic heterocycles. The molecule has 0 aromatic carbocycles. The van der Waals surface area contributed by atoms with Gasteiger partial charge in [0, 0.05) is 23.4 Å². The molecule has 9 nitrogen and oxygen atoms in total. The number of nitrogen functional groups attached to an aromatic ring is 1. The Labute approximate surface area is 219 Å². The number of carbonyl (C=O) groups excluding carboxylic acids is 1. The molecule has 4 heterocycles. The van der Waals surface area contributed by atoms with Crippen LogP contribution in [0.3, 0.4) is 0 Å². The average Bonchev–Trinajstić information content (AvgIpc) is 3.09. The van der Waals surface area contributed by atoms with Crippen molar-refractivity contribution in [1.29, 1.82) is 0 Å². The third-order valence-corrected chi connectivity index (χ3v) is 8.15. The smallest absolute Gasteiger partial charge is 0.281 e. The fourth-order valence-electron chi connectivity index (χ4n) is 5.32. The predicted octanol–water partition coefficient (Wildman–Crippen LogP) is 4.12. The number of hydrogen-bond donors (Lipinski definition) is 2. The summed E-state index contributed by atoms with van der Waals surface area (Å²) in [6, 6.07) is 6.08. The van der Waals surface area contributed by atoms with Gasteiger partial charge in [0.1, 0.15) is 11.6 Å². The second-order valence-corrected chi connectivity index (χ2v) is 13.4. The molecule has 0 radical (unpaired) electrons. The minimum absolute atomic E-state index is 0.00923. The third-order valence-electron chi connectivity index (χ3n) is 6.91. The standard InChI is InChI=1S/C27H37N5O4S/c1-17-14-27(5,6)32(15-17)24-20(25(33)31-37(34,35)22-11-7-10-21(28)29-22)13-19(18-9-8-12-36-16-18)23(30-24)26(2,3)4/h7-8,10-13,17-18H,9,14-16H2,1-6H3,(H2,28,29)(H,31,33). The number of ether oxygens (including phenoxy) is 1. The van der Waals surface area contributed by atoms with E-state index in [1.54, 1.807) is 6.26 Å². The van der Waals surface area contributed by atoms with Gasteiger partial charge in [-0.25, -0.2) is 14.7 Å². The molecule has 1 fully saturated rings. The molecule has 0 bridgehead atoms. The molecule has 2 aromatic heterocycles. The molecule has 10 heteroatoms. The van der Waals surface area contributed by atoms with Crippen molar-refractivity contribution in [1.82, 2.24) is 14.7 Å². The highest BCUT2D eigenvalue weighted by molar-refractivity contribution is 7.90. The Morgan fingerprint density at radius 1 is 1.24 bits per heavy atom. The van der Waals surface area contributed by atoms with Crippen LogP contribution in [0.1, 0.15) is 81.9 Å². The number of nitrogens with zero attached hydrogens (tertiary/aromatic N) is 3. The molecule has 37 heavy (non-hydrogen) atoms. The normalized spacial score (nSPS) is 21.5. The molecule has 2 aromatic rings. The van der Waals surface area contributed by atoms with Crippen LogP contribution in [0.4, 0.5) is 11.6 Å². The number of allylic oxidation sites excluding steroid dienone is 1. The number of pyridine rings is 2. The molecular weight excluding hydrogens is 490 g/mol. The van der Waals surface area contributed by atoms with Gasteiger partial charge in [-0.05, 0) is 62.4 Å². The first-order valence-corrected chi connectivity index (χ1v) is 14.1. The van der Waals surface area contributed by atoms with Crippen molar-refractivity contribution < 1.29 is 17.9 Å². The van der Waals surface area contributed by atoms with Gasteiger partial charge in [0.05, 0.1) is 24.1 Å². The number of nitrogens with one attached hydrogen (secondary N) is 1. The highest BCUT2D eigenvalue weighted by Gasteiger charge is 2.40. The van der Waals surface area contributed by atoms with E-state index >= 15 is 0 Å². The molecule has 0 spiro atoms. The van der Waals surface area contributed by atoms with E-state index < -0.39 is 15.9 Å². The van der Waals surface area contributed by atoms with E-state index in [0.29, 0.717) is 24.9 Å². The van der Waals surface area contributed by atoms with Gasteiger partial charge in [-0.3, -0.25) is 4.79 Å². The summed E-state index contributed by atoms with van der Waals surface area (Å²) in [6.45, 7) is 13.9. The molecule has 1 saturated heterocycles. The van der Waals surface area contributed by atoms with Crippen LogP contribution in [-0.4, -0.2) is 43.0 Å². The van der Waals surface area contributed by atoms with Gasteiger partial charge in [0.15, 0.2) is 5.03 Å². The number of sulfonamides is 1. The maximum Gasteiger partial charge on any atom is 0.281 e. The molecule has 200 valence electrons. The van der Waals surface area contributed by atoms with Gasteiger partial charge in [-0.1, -0.05) is 33.8 Å². The molecular formula is C27H37N5O4S. The molecule has 3 N–H and O–H groups in total. The number of aromatic nitrogens is 2. The molecule has 2 atom stereocenters. The Bertz CT molecular complexity index is 1330. The van der Waals surface area contributed by atoms with Crippen molar-refractivity contribution in [3.8, 4) is 0 Å². The lowest BCUT2D eigenvalue weighted by Gasteiger charge is -2.36. The Morgan fingerprint density at radius 2 is 1.97 bits per heavy atom. The summed E-state index contributed by atoms with van der Waals surface area (Å²) in [5, 5.41) is -0.317. The van der Waals surface area contributed by atoms with E-state index in [1.165, 1.54) is 18.2 Å². The third kappa shape index (κ3) is 5.58. The second kappa shape index (κ2) is 9.63. The lowest BCUT2D eigenvalue weighted by Crippen LogP contribution is -2.41. The lowest BCUT2D eigenvalue weighted by molar-refractivity contribution is 0.0981. The maximum absolute atomic E-state index is 13.7. The van der Waals surface area contributed by atoms with Crippen molar-refractivity contribution in [2.24, 2.45) is 5.92 Å². The van der Waals surface area contributed by atoms with Crippen LogP contribution in [0, 0.1) is 5.92 Å². The number of amides is 1. The Hall–Kier alpha value is -3.14. The fraction of sp³-hybridized carbons (Fsp3) is 0.519. The van der Waals surface area contributed by atoms with Gasteiger partial charge < -0.3 is 15.4 Å². The van der Waals surface area contributed by atoms with Gasteiger partial charge in [0.25, 0.3) is 15.9 Å². The summed E-state index contributed by atoms with van der Waals surface area (Å²) in [6.07, 6.45) is 5.30. The summed E-state index contributed by atoms with van der Waals surface area (Å²) in [5.74, 6) is 0.167. The zero-order valence-corrected chi connectivity index (χ0v) is 23.2. The van der Waals surface area contributed by atoms with Crippen LogP contribution in [0.5, 0.6) is 0 Å². The fourth-order valence-corrected chi connectivity index (χ4v) is 6.26. The topological polar surface area (TPSA) is 128 Å². The Kier molecular flexibility index (Phi) is 7.00. The van der Waals surface area contributed by atoms with Gasteiger partial charge >= 0.3 is 0 Å². The first-order valence-electron chi connectivity index (χ1n) is 12.6. The zero-order chi connectivity index (χ0) is 27.2. The molecule has 4 rings (SSSR count). The van der Waals surface area contributed by atoms with Crippen molar-refractivity contribution in [2.75, 3.05) is 23.8 Å².